The number of rotatable bonds is 3. The minimum atomic E-state index is -0.0126. The zero-order chi connectivity index (χ0) is 17.2. The number of para-hydroxylation sites is 2. The van der Waals surface area contributed by atoms with E-state index in [1.54, 1.807) is 0 Å². The molecule has 0 radical (unpaired) electrons. The number of nitrogens with one attached hydrogen (secondary N) is 1. The van der Waals surface area contributed by atoms with Gasteiger partial charge in [0.05, 0.1) is 22.7 Å². The minimum Gasteiger partial charge on any atom is -0.306 e. The summed E-state index contributed by atoms with van der Waals surface area (Å²) in [5.41, 5.74) is 3.76. The zero-order valence-corrected chi connectivity index (χ0v) is 14.0. The molecule has 0 atom stereocenters. The van der Waals surface area contributed by atoms with Gasteiger partial charge < -0.3 is 4.98 Å². The lowest BCUT2D eigenvalue weighted by Gasteiger charge is -2.32. The fraction of sp³-hybridized carbons (Fsp3) is 0.300. The molecule has 3 aromatic rings. The highest BCUT2D eigenvalue weighted by atomic mass is 16.1. The van der Waals surface area contributed by atoms with Crippen LogP contribution in [0.15, 0.2) is 53.3 Å². The van der Waals surface area contributed by atoms with Crippen LogP contribution in [0.4, 0.5) is 0 Å². The van der Waals surface area contributed by atoms with E-state index in [9.17, 15) is 4.79 Å². The summed E-state index contributed by atoms with van der Waals surface area (Å²) in [4.78, 5) is 17.7. The van der Waals surface area contributed by atoms with Gasteiger partial charge in [-0.15, -0.1) is 0 Å². The second-order valence-electron chi connectivity index (χ2n) is 6.64. The predicted molar refractivity (Wildman–Crippen MR) is 97.3 cm³/mol. The standard InChI is InChI=1S/C20H20N4O/c21-13-15-4-3-5-16(12-15)14-23-10-8-17(9-11-23)24-19-7-2-1-6-18(19)22-20(24)25/h1-7,12,17H,8-11,14H2,(H,22,25). The lowest BCUT2D eigenvalue weighted by molar-refractivity contribution is 0.180. The van der Waals surface area contributed by atoms with E-state index in [0.717, 1.165) is 43.5 Å². The highest BCUT2D eigenvalue weighted by Gasteiger charge is 2.23. The molecule has 1 N–H and O–H groups in total. The Morgan fingerprint density at radius 1 is 1.12 bits per heavy atom. The van der Waals surface area contributed by atoms with Crippen molar-refractivity contribution in [1.29, 1.82) is 5.26 Å². The molecular weight excluding hydrogens is 312 g/mol. The molecule has 0 amide bonds. The number of hydrogen-bond donors (Lipinski definition) is 1. The molecule has 2 heterocycles. The molecule has 4 rings (SSSR count). The summed E-state index contributed by atoms with van der Waals surface area (Å²) in [6.45, 7) is 2.76. The molecule has 1 saturated heterocycles. The van der Waals surface area contributed by atoms with Gasteiger partial charge in [-0.1, -0.05) is 24.3 Å². The van der Waals surface area contributed by atoms with Crippen molar-refractivity contribution in [3.05, 3.63) is 70.1 Å². The number of imidazole rings is 1. The third-order valence-electron chi connectivity index (χ3n) is 5.01. The van der Waals surface area contributed by atoms with E-state index in [1.807, 2.05) is 47.0 Å². The van der Waals surface area contributed by atoms with Crippen LogP contribution in [0.5, 0.6) is 0 Å². The molecule has 0 saturated carbocycles. The Morgan fingerprint density at radius 2 is 1.92 bits per heavy atom. The minimum absolute atomic E-state index is 0.0126. The Morgan fingerprint density at radius 3 is 2.72 bits per heavy atom. The van der Waals surface area contributed by atoms with Crippen LogP contribution in [-0.4, -0.2) is 27.5 Å². The van der Waals surface area contributed by atoms with Gasteiger partial charge in [0.25, 0.3) is 0 Å². The van der Waals surface area contributed by atoms with Gasteiger partial charge >= 0.3 is 5.69 Å². The Kier molecular flexibility index (Phi) is 4.12. The molecule has 1 aliphatic heterocycles. The van der Waals surface area contributed by atoms with E-state index in [1.165, 1.54) is 5.56 Å². The fourth-order valence-corrected chi connectivity index (χ4v) is 3.77. The third-order valence-corrected chi connectivity index (χ3v) is 5.01. The Bertz CT molecular complexity index is 987. The van der Waals surface area contributed by atoms with Gasteiger partial charge in [0, 0.05) is 25.7 Å². The van der Waals surface area contributed by atoms with E-state index in [2.05, 4.69) is 22.0 Å². The molecule has 0 bridgehead atoms. The van der Waals surface area contributed by atoms with Crippen molar-refractivity contribution in [2.24, 2.45) is 0 Å². The van der Waals surface area contributed by atoms with Crippen LogP contribution in [0, 0.1) is 11.3 Å². The normalized spacial score (nSPS) is 16.1. The quantitative estimate of drug-likeness (QED) is 0.802. The molecule has 25 heavy (non-hydrogen) atoms. The first-order valence-electron chi connectivity index (χ1n) is 8.65. The zero-order valence-electron chi connectivity index (χ0n) is 14.0. The molecule has 0 spiro atoms. The van der Waals surface area contributed by atoms with Crippen molar-refractivity contribution in [2.75, 3.05) is 13.1 Å². The maximum Gasteiger partial charge on any atom is 0.326 e. The molecule has 2 aromatic carbocycles. The van der Waals surface area contributed by atoms with Crippen LogP contribution in [-0.2, 0) is 6.54 Å². The highest BCUT2D eigenvalue weighted by Crippen LogP contribution is 2.25. The second-order valence-corrected chi connectivity index (χ2v) is 6.64. The maximum atomic E-state index is 12.3. The van der Waals surface area contributed by atoms with Crippen LogP contribution in [0.3, 0.4) is 0 Å². The molecule has 1 fully saturated rings. The Labute approximate surface area is 146 Å². The summed E-state index contributed by atoms with van der Waals surface area (Å²) in [6, 6.07) is 18.1. The number of H-pyrrole nitrogens is 1. The molecular formula is C20H20N4O. The van der Waals surface area contributed by atoms with Crippen molar-refractivity contribution < 1.29 is 0 Å². The summed E-state index contributed by atoms with van der Waals surface area (Å²) < 4.78 is 1.92. The van der Waals surface area contributed by atoms with Crippen molar-refractivity contribution in [2.45, 2.75) is 25.4 Å². The summed E-state index contributed by atoms with van der Waals surface area (Å²) in [6.07, 6.45) is 1.92. The summed E-state index contributed by atoms with van der Waals surface area (Å²) in [5, 5.41) is 9.02. The van der Waals surface area contributed by atoms with Crippen LogP contribution in [0.1, 0.15) is 30.0 Å². The highest BCUT2D eigenvalue weighted by molar-refractivity contribution is 5.75. The molecule has 1 aliphatic rings. The van der Waals surface area contributed by atoms with Gasteiger partial charge in [-0.25, -0.2) is 4.79 Å². The average molecular weight is 332 g/mol. The van der Waals surface area contributed by atoms with Crippen LogP contribution < -0.4 is 5.69 Å². The van der Waals surface area contributed by atoms with E-state index in [-0.39, 0.29) is 11.7 Å². The number of likely N-dealkylation sites (tertiary alicyclic amines) is 1. The number of aromatic amines is 1. The molecule has 0 unspecified atom stereocenters. The number of aromatic nitrogens is 2. The molecule has 126 valence electrons. The van der Waals surface area contributed by atoms with Crippen molar-refractivity contribution in [1.82, 2.24) is 14.5 Å². The smallest absolute Gasteiger partial charge is 0.306 e. The number of benzene rings is 2. The van der Waals surface area contributed by atoms with E-state index < -0.39 is 0 Å². The van der Waals surface area contributed by atoms with Gasteiger partial charge in [0.1, 0.15) is 0 Å². The van der Waals surface area contributed by atoms with Crippen molar-refractivity contribution in [3.63, 3.8) is 0 Å². The molecule has 5 nitrogen and oxygen atoms in total. The monoisotopic (exact) mass is 332 g/mol. The van der Waals surface area contributed by atoms with Gasteiger partial charge in [0.2, 0.25) is 0 Å². The van der Waals surface area contributed by atoms with Gasteiger partial charge in [-0.2, -0.15) is 5.26 Å². The van der Waals surface area contributed by atoms with Crippen LogP contribution in [0.2, 0.25) is 0 Å². The van der Waals surface area contributed by atoms with Gasteiger partial charge in [-0.3, -0.25) is 9.47 Å². The first kappa shape index (κ1) is 15.7. The lowest BCUT2D eigenvalue weighted by atomic mass is 10.0. The van der Waals surface area contributed by atoms with Crippen LogP contribution >= 0.6 is 0 Å². The second kappa shape index (κ2) is 6.58. The number of nitrogens with zero attached hydrogens (tertiary/aromatic N) is 3. The van der Waals surface area contributed by atoms with E-state index in [0.29, 0.717) is 5.56 Å². The molecule has 5 heteroatoms. The largest absolute Gasteiger partial charge is 0.326 e. The lowest BCUT2D eigenvalue weighted by Crippen LogP contribution is -2.36. The van der Waals surface area contributed by atoms with E-state index in [4.69, 9.17) is 5.26 Å². The number of hydrogen-bond acceptors (Lipinski definition) is 3. The Hall–Kier alpha value is -2.84. The SMILES string of the molecule is N#Cc1cccc(CN2CCC(n3c(=O)[nH]c4ccccc43)CC2)c1. The number of fused-ring (bicyclic) bond motifs is 1. The fourth-order valence-electron chi connectivity index (χ4n) is 3.77. The topological polar surface area (TPSA) is 64.8 Å². The summed E-state index contributed by atoms with van der Waals surface area (Å²) in [5.74, 6) is 0. The maximum absolute atomic E-state index is 12.3. The number of piperidine rings is 1. The van der Waals surface area contributed by atoms with Gasteiger partial charge in [0.15, 0.2) is 0 Å². The average Bonchev–Trinajstić information content (AvgIpc) is 2.98. The van der Waals surface area contributed by atoms with Crippen molar-refractivity contribution in [3.8, 4) is 6.07 Å². The Balaban J connectivity index is 1.47. The molecule has 0 aliphatic carbocycles. The predicted octanol–water partition coefficient (Wildman–Crippen LogP) is 3.04. The summed E-state index contributed by atoms with van der Waals surface area (Å²) >= 11 is 0. The van der Waals surface area contributed by atoms with E-state index >= 15 is 0 Å². The summed E-state index contributed by atoms with van der Waals surface area (Å²) in [7, 11) is 0. The third kappa shape index (κ3) is 3.09. The molecule has 1 aromatic heterocycles. The number of nitriles is 1. The first-order valence-corrected chi connectivity index (χ1v) is 8.65. The first-order chi connectivity index (χ1) is 12.2. The van der Waals surface area contributed by atoms with Gasteiger partial charge in [-0.05, 0) is 42.7 Å². The van der Waals surface area contributed by atoms with Crippen molar-refractivity contribution >= 4 is 11.0 Å². The van der Waals surface area contributed by atoms with Crippen LogP contribution in [0.25, 0.3) is 11.0 Å².